The van der Waals surface area contributed by atoms with Gasteiger partial charge in [0.05, 0.1) is 26.2 Å². The van der Waals surface area contributed by atoms with Crippen molar-refractivity contribution in [2.45, 2.75) is 39.2 Å². The molecule has 0 bridgehead atoms. The van der Waals surface area contributed by atoms with Crippen molar-refractivity contribution < 1.29 is 17.8 Å². The average Bonchev–Trinajstić information content (AvgIpc) is 2.83. The van der Waals surface area contributed by atoms with E-state index in [9.17, 15) is 0 Å². The molecular weight excluding hydrogens is 258 g/mol. The second-order valence-corrected chi connectivity index (χ2v) is 9.29. The van der Waals surface area contributed by atoms with Crippen LogP contribution in [0.15, 0.2) is 0 Å². The van der Waals surface area contributed by atoms with Crippen LogP contribution in [0.1, 0.15) is 33.1 Å². The van der Waals surface area contributed by atoms with E-state index in [0.717, 1.165) is 18.4 Å². The van der Waals surface area contributed by atoms with Gasteiger partial charge in [-0.25, -0.2) is 0 Å². The van der Waals surface area contributed by atoms with Crippen LogP contribution in [-0.4, -0.2) is 60.8 Å². The van der Waals surface area contributed by atoms with Crippen LogP contribution in [0.25, 0.3) is 0 Å². The van der Waals surface area contributed by atoms with Crippen molar-refractivity contribution in [3.63, 3.8) is 0 Å². The second-order valence-electron chi connectivity index (χ2n) is 6.19. The van der Waals surface area contributed by atoms with Crippen molar-refractivity contribution in [1.29, 1.82) is 0 Å². The molecule has 0 aromatic carbocycles. The van der Waals surface area contributed by atoms with Crippen molar-refractivity contribution in [3.05, 3.63) is 0 Å². The van der Waals surface area contributed by atoms with Gasteiger partial charge < -0.3 is 17.8 Å². The first-order valence-corrected chi connectivity index (χ1v) is 9.45. The van der Waals surface area contributed by atoms with Crippen LogP contribution in [-0.2, 0) is 13.3 Å². The third-order valence-electron chi connectivity index (χ3n) is 4.32. The maximum atomic E-state index is 5.50. The summed E-state index contributed by atoms with van der Waals surface area (Å²) in [5, 5.41) is 0. The standard InChI is InChI=1S/C14H32NO3Si/c1-14(2)13-15(9-6-7-10-15)11-8-12-19(16-3,17-4)18-5/h14H,6-13H2,1-5H3/q+1. The number of likely N-dealkylation sites (tertiary alicyclic amines) is 1. The van der Waals surface area contributed by atoms with E-state index in [1.54, 1.807) is 21.3 Å². The zero-order valence-corrected chi connectivity index (χ0v) is 14.4. The smallest absolute Gasteiger partial charge is 0.377 e. The molecule has 0 aliphatic carbocycles. The highest BCUT2D eigenvalue weighted by molar-refractivity contribution is 6.60. The summed E-state index contributed by atoms with van der Waals surface area (Å²) in [6.45, 7) is 9.90. The minimum atomic E-state index is -2.37. The van der Waals surface area contributed by atoms with E-state index in [2.05, 4.69) is 13.8 Å². The summed E-state index contributed by atoms with van der Waals surface area (Å²) in [6, 6.07) is 0.925. The van der Waals surface area contributed by atoms with Gasteiger partial charge >= 0.3 is 8.80 Å². The largest absolute Gasteiger partial charge is 0.500 e. The molecule has 0 N–H and O–H groups in total. The van der Waals surface area contributed by atoms with Crippen LogP contribution in [0.4, 0.5) is 0 Å². The third kappa shape index (κ3) is 4.83. The molecule has 0 radical (unpaired) electrons. The van der Waals surface area contributed by atoms with Gasteiger partial charge in [-0.2, -0.15) is 0 Å². The molecule has 19 heavy (non-hydrogen) atoms. The first kappa shape index (κ1) is 17.1. The number of quaternary nitrogens is 1. The lowest BCUT2D eigenvalue weighted by Crippen LogP contribution is -2.50. The summed E-state index contributed by atoms with van der Waals surface area (Å²) < 4.78 is 17.8. The van der Waals surface area contributed by atoms with Gasteiger partial charge in [0, 0.05) is 52.6 Å². The minimum absolute atomic E-state index is 0.771. The molecule has 1 saturated heterocycles. The van der Waals surface area contributed by atoms with E-state index >= 15 is 0 Å². The summed E-state index contributed by atoms with van der Waals surface area (Å²) in [5.41, 5.74) is 0. The summed E-state index contributed by atoms with van der Waals surface area (Å²) in [5.74, 6) is 0.771. The Morgan fingerprint density at radius 2 is 1.53 bits per heavy atom. The zero-order valence-electron chi connectivity index (χ0n) is 13.4. The molecule has 0 atom stereocenters. The molecule has 0 aromatic heterocycles. The lowest BCUT2D eigenvalue weighted by molar-refractivity contribution is -0.919. The number of nitrogens with zero attached hydrogens (tertiary/aromatic N) is 1. The van der Waals surface area contributed by atoms with E-state index in [4.69, 9.17) is 13.3 Å². The van der Waals surface area contributed by atoms with Crippen molar-refractivity contribution in [2.75, 3.05) is 47.5 Å². The van der Waals surface area contributed by atoms with Gasteiger partial charge in [0.15, 0.2) is 0 Å². The molecule has 1 fully saturated rings. The summed E-state index contributed by atoms with van der Waals surface area (Å²) >= 11 is 0. The van der Waals surface area contributed by atoms with Crippen LogP contribution in [0.2, 0.25) is 6.04 Å². The molecule has 1 aliphatic rings. The van der Waals surface area contributed by atoms with E-state index < -0.39 is 8.80 Å². The van der Waals surface area contributed by atoms with Crippen LogP contribution in [0, 0.1) is 5.92 Å². The fourth-order valence-electron chi connectivity index (χ4n) is 3.47. The molecular formula is C14H32NO3Si+. The van der Waals surface area contributed by atoms with Gasteiger partial charge in [0.25, 0.3) is 0 Å². The predicted octanol–water partition coefficient (Wildman–Crippen LogP) is 2.52. The molecule has 4 nitrogen and oxygen atoms in total. The summed E-state index contributed by atoms with van der Waals surface area (Å²) in [6.07, 6.45) is 3.90. The van der Waals surface area contributed by atoms with Gasteiger partial charge in [0.1, 0.15) is 0 Å². The first-order valence-electron chi connectivity index (χ1n) is 7.52. The Kier molecular flexibility index (Phi) is 6.97. The normalized spacial score (nSPS) is 19.3. The van der Waals surface area contributed by atoms with Crippen LogP contribution in [0.3, 0.4) is 0 Å². The molecule has 114 valence electrons. The molecule has 0 spiro atoms. The van der Waals surface area contributed by atoms with Gasteiger partial charge in [-0.15, -0.1) is 0 Å². The number of hydrogen-bond acceptors (Lipinski definition) is 3. The minimum Gasteiger partial charge on any atom is -0.377 e. The molecule has 1 heterocycles. The maximum absolute atomic E-state index is 5.50. The summed E-state index contributed by atoms with van der Waals surface area (Å²) in [7, 11) is 2.73. The Morgan fingerprint density at radius 3 is 1.95 bits per heavy atom. The van der Waals surface area contributed by atoms with Crippen molar-refractivity contribution >= 4 is 8.80 Å². The highest BCUT2D eigenvalue weighted by atomic mass is 28.4. The Bertz CT molecular complexity index is 243. The molecule has 1 aliphatic heterocycles. The highest BCUT2D eigenvalue weighted by Gasteiger charge is 2.39. The van der Waals surface area contributed by atoms with Gasteiger partial charge in [0.2, 0.25) is 0 Å². The van der Waals surface area contributed by atoms with Crippen LogP contribution < -0.4 is 0 Å². The van der Waals surface area contributed by atoms with E-state index in [-0.39, 0.29) is 0 Å². The van der Waals surface area contributed by atoms with Crippen molar-refractivity contribution in [2.24, 2.45) is 5.92 Å². The molecule has 5 heteroatoms. The third-order valence-corrected chi connectivity index (χ3v) is 7.15. The average molecular weight is 290 g/mol. The predicted molar refractivity (Wildman–Crippen MR) is 80.0 cm³/mol. The fourth-order valence-corrected chi connectivity index (χ4v) is 5.17. The van der Waals surface area contributed by atoms with Crippen molar-refractivity contribution in [3.8, 4) is 0 Å². The molecule has 0 aromatic rings. The van der Waals surface area contributed by atoms with Crippen LogP contribution >= 0.6 is 0 Å². The van der Waals surface area contributed by atoms with Gasteiger partial charge in [-0.05, 0) is 0 Å². The number of rotatable bonds is 9. The van der Waals surface area contributed by atoms with E-state index in [1.807, 2.05) is 0 Å². The lowest BCUT2D eigenvalue weighted by Gasteiger charge is -2.36. The highest BCUT2D eigenvalue weighted by Crippen LogP contribution is 2.24. The molecule has 0 amide bonds. The van der Waals surface area contributed by atoms with Crippen molar-refractivity contribution in [1.82, 2.24) is 0 Å². The molecule has 1 rings (SSSR count). The Hall–Kier alpha value is 0.0569. The van der Waals surface area contributed by atoms with E-state index in [1.165, 1.54) is 43.5 Å². The van der Waals surface area contributed by atoms with Gasteiger partial charge in [-0.1, -0.05) is 13.8 Å². The molecule has 0 saturated carbocycles. The first-order chi connectivity index (χ1) is 9.01. The Morgan fingerprint density at radius 1 is 1.00 bits per heavy atom. The second kappa shape index (κ2) is 7.74. The van der Waals surface area contributed by atoms with Crippen LogP contribution in [0.5, 0.6) is 0 Å². The Labute approximate surface area is 120 Å². The number of hydrogen-bond donors (Lipinski definition) is 0. The fraction of sp³-hybridized carbons (Fsp3) is 1.00. The van der Waals surface area contributed by atoms with Gasteiger partial charge in [-0.3, -0.25) is 0 Å². The monoisotopic (exact) mass is 290 g/mol. The Balaban J connectivity index is 2.48. The van der Waals surface area contributed by atoms with E-state index in [0.29, 0.717) is 0 Å². The molecule has 0 unspecified atom stereocenters. The quantitative estimate of drug-likeness (QED) is 0.482. The SMILES string of the molecule is CO[Si](CCC[N+]1(CC(C)C)CCCC1)(OC)OC. The zero-order chi connectivity index (χ0) is 14.4. The topological polar surface area (TPSA) is 27.7 Å². The maximum Gasteiger partial charge on any atom is 0.500 e. The lowest BCUT2D eigenvalue weighted by atomic mass is 10.1. The summed E-state index contributed by atoms with van der Waals surface area (Å²) in [4.78, 5) is 0.